The van der Waals surface area contributed by atoms with E-state index in [9.17, 15) is 14.9 Å². The number of pyridine rings is 1. The van der Waals surface area contributed by atoms with Gasteiger partial charge in [-0.25, -0.2) is 9.78 Å². The van der Waals surface area contributed by atoms with Crippen molar-refractivity contribution in [3.05, 3.63) is 27.9 Å². The summed E-state index contributed by atoms with van der Waals surface area (Å²) in [6.07, 6.45) is 4.58. The predicted octanol–water partition coefficient (Wildman–Crippen LogP) is 2.31. The summed E-state index contributed by atoms with van der Waals surface area (Å²) in [5.41, 5.74) is -0.334. The number of nitro groups is 1. The molecule has 0 aromatic carbocycles. The minimum Gasteiger partial charge on any atom is -0.477 e. The molecule has 1 fully saturated rings. The first-order chi connectivity index (χ1) is 9.49. The van der Waals surface area contributed by atoms with Crippen molar-refractivity contribution < 1.29 is 14.8 Å². The van der Waals surface area contributed by atoms with Crippen LogP contribution in [-0.2, 0) is 0 Å². The molecule has 0 aliphatic heterocycles. The minimum atomic E-state index is -1.18. The van der Waals surface area contributed by atoms with Crippen molar-refractivity contribution in [1.82, 2.24) is 4.98 Å². The van der Waals surface area contributed by atoms with E-state index in [1.807, 2.05) is 0 Å². The van der Waals surface area contributed by atoms with Gasteiger partial charge in [0.15, 0.2) is 5.69 Å². The van der Waals surface area contributed by atoms with Gasteiger partial charge in [0.2, 0.25) is 5.82 Å². The molecule has 1 saturated carbocycles. The standard InChI is InChI=1S/C13H17N3O4/c1-15(8-9-4-2-3-5-9)12-11(16(19)20)7-6-10(14-12)13(17)18/h6-7,9H,2-5,8H2,1H3,(H,17,18). The SMILES string of the molecule is CN(CC1CCCC1)c1nc(C(=O)O)ccc1[N+](=O)[O-]. The molecule has 1 aromatic rings. The molecule has 7 heteroatoms. The van der Waals surface area contributed by atoms with Gasteiger partial charge in [-0.1, -0.05) is 12.8 Å². The van der Waals surface area contributed by atoms with Crippen LogP contribution in [0.2, 0.25) is 0 Å². The van der Waals surface area contributed by atoms with Gasteiger partial charge in [0.05, 0.1) is 4.92 Å². The Labute approximate surface area is 116 Å². The summed E-state index contributed by atoms with van der Waals surface area (Å²) >= 11 is 0. The summed E-state index contributed by atoms with van der Waals surface area (Å²) in [4.78, 5) is 27.1. The van der Waals surface area contributed by atoms with Crippen LogP contribution < -0.4 is 4.90 Å². The highest BCUT2D eigenvalue weighted by Crippen LogP contribution is 2.30. The highest BCUT2D eigenvalue weighted by molar-refractivity contribution is 5.86. The van der Waals surface area contributed by atoms with Gasteiger partial charge in [0.25, 0.3) is 0 Å². The van der Waals surface area contributed by atoms with E-state index >= 15 is 0 Å². The fraction of sp³-hybridized carbons (Fsp3) is 0.538. The Morgan fingerprint density at radius 2 is 2.15 bits per heavy atom. The summed E-state index contributed by atoms with van der Waals surface area (Å²) < 4.78 is 0. The molecule has 1 aliphatic rings. The van der Waals surface area contributed by atoms with E-state index in [-0.39, 0.29) is 17.2 Å². The molecule has 0 radical (unpaired) electrons. The molecule has 7 nitrogen and oxygen atoms in total. The Balaban J connectivity index is 2.28. The maximum absolute atomic E-state index is 11.0. The van der Waals surface area contributed by atoms with Crippen LogP contribution in [-0.4, -0.2) is 34.6 Å². The quantitative estimate of drug-likeness (QED) is 0.656. The average molecular weight is 279 g/mol. The Morgan fingerprint density at radius 1 is 1.50 bits per heavy atom. The lowest BCUT2D eigenvalue weighted by atomic mass is 10.1. The highest BCUT2D eigenvalue weighted by atomic mass is 16.6. The molecule has 20 heavy (non-hydrogen) atoms. The van der Waals surface area contributed by atoms with Crippen LogP contribution in [0.1, 0.15) is 36.2 Å². The molecule has 0 amide bonds. The van der Waals surface area contributed by atoms with Crippen molar-refractivity contribution in [1.29, 1.82) is 0 Å². The molecule has 0 unspecified atom stereocenters. The van der Waals surface area contributed by atoms with Crippen LogP contribution in [0.25, 0.3) is 0 Å². The van der Waals surface area contributed by atoms with Gasteiger partial charge in [0, 0.05) is 19.7 Å². The summed E-state index contributed by atoms with van der Waals surface area (Å²) in [6.45, 7) is 0.664. The molecule has 1 N–H and O–H groups in total. The fourth-order valence-electron chi connectivity index (χ4n) is 2.65. The molecule has 0 spiro atoms. The number of hydrogen-bond donors (Lipinski definition) is 1. The summed E-state index contributed by atoms with van der Waals surface area (Å²) in [5, 5.41) is 20.0. The molecule has 1 heterocycles. The van der Waals surface area contributed by atoms with Gasteiger partial charge in [-0.05, 0) is 24.8 Å². The zero-order chi connectivity index (χ0) is 14.7. The maximum atomic E-state index is 11.0. The first kappa shape index (κ1) is 14.2. The van der Waals surface area contributed by atoms with Crippen molar-refractivity contribution >= 4 is 17.5 Å². The zero-order valence-electron chi connectivity index (χ0n) is 11.3. The van der Waals surface area contributed by atoms with E-state index in [2.05, 4.69) is 4.98 Å². The number of anilines is 1. The second kappa shape index (κ2) is 5.85. The van der Waals surface area contributed by atoms with Crippen LogP contribution in [0.4, 0.5) is 11.5 Å². The molecule has 0 saturated heterocycles. The number of aromatic nitrogens is 1. The zero-order valence-corrected chi connectivity index (χ0v) is 11.3. The van der Waals surface area contributed by atoms with E-state index in [0.29, 0.717) is 12.5 Å². The largest absolute Gasteiger partial charge is 0.477 e. The van der Waals surface area contributed by atoms with E-state index < -0.39 is 10.9 Å². The lowest BCUT2D eigenvalue weighted by Gasteiger charge is -2.21. The van der Waals surface area contributed by atoms with Crippen LogP contribution >= 0.6 is 0 Å². The molecular formula is C13H17N3O4. The van der Waals surface area contributed by atoms with E-state index in [1.165, 1.54) is 18.9 Å². The third-order valence-corrected chi connectivity index (χ3v) is 3.64. The van der Waals surface area contributed by atoms with Crippen molar-refractivity contribution in [3.8, 4) is 0 Å². The first-order valence-electron chi connectivity index (χ1n) is 6.59. The van der Waals surface area contributed by atoms with Gasteiger partial charge in [-0.15, -0.1) is 0 Å². The number of carbonyl (C=O) groups is 1. The average Bonchev–Trinajstić information content (AvgIpc) is 2.90. The third-order valence-electron chi connectivity index (χ3n) is 3.64. The molecule has 1 aliphatic carbocycles. The normalized spacial score (nSPS) is 15.2. The van der Waals surface area contributed by atoms with E-state index in [0.717, 1.165) is 18.9 Å². The topological polar surface area (TPSA) is 96.6 Å². The van der Waals surface area contributed by atoms with Crippen molar-refractivity contribution in [2.45, 2.75) is 25.7 Å². The Morgan fingerprint density at radius 3 is 2.70 bits per heavy atom. The van der Waals surface area contributed by atoms with Crippen LogP contribution in [0.15, 0.2) is 12.1 Å². The van der Waals surface area contributed by atoms with Crippen LogP contribution in [0, 0.1) is 16.0 Å². The van der Waals surface area contributed by atoms with E-state index in [1.54, 1.807) is 11.9 Å². The van der Waals surface area contributed by atoms with Crippen LogP contribution in [0.5, 0.6) is 0 Å². The molecule has 0 bridgehead atoms. The second-order valence-corrected chi connectivity index (χ2v) is 5.13. The number of rotatable bonds is 5. The first-order valence-corrected chi connectivity index (χ1v) is 6.59. The molecule has 108 valence electrons. The Hall–Kier alpha value is -2.18. The predicted molar refractivity (Wildman–Crippen MR) is 73.1 cm³/mol. The summed E-state index contributed by atoms with van der Waals surface area (Å²) in [7, 11) is 1.72. The van der Waals surface area contributed by atoms with Gasteiger partial charge in [-0.3, -0.25) is 10.1 Å². The second-order valence-electron chi connectivity index (χ2n) is 5.13. The van der Waals surface area contributed by atoms with Gasteiger partial charge < -0.3 is 10.0 Å². The van der Waals surface area contributed by atoms with Gasteiger partial charge >= 0.3 is 11.7 Å². The van der Waals surface area contributed by atoms with Crippen LogP contribution in [0.3, 0.4) is 0 Å². The third kappa shape index (κ3) is 3.04. The number of nitrogens with zero attached hydrogens (tertiary/aromatic N) is 3. The summed E-state index contributed by atoms with van der Waals surface area (Å²) in [5.74, 6) is -0.563. The fourth-order valence-corrected chi connectivity index (χ4v) is 2.65. The van der Waals surface area contributed by atoms with Gasteiger partial charge in [-0.2, -0.15) is 0 Å². The smallest absolute Gasteiger partial charge is 0.354 e. The highest BCUT2D eigenvalue weighted by Gasteiger charge is 2.24. The number of carboxylic acids is 1. The number of hydrogen-bond acceptors (Lipinski definition) is 5. The van der Waals surface area contributed by atoms with E-state index in [4.69, 9.17) is 5.11 Å². The Kier molecular flexibility index (Phi) is 4.16. The maximum Gasteiger partial charge on any atom is 0.354 e. The Bertz CT molecular complexity index is 526. The van der Waals surface area contributed by atoms with Crippen molar-refractivity contribution in [2.24, 2.45) is 5.92 Å². The monoisotopic (exact) mass is 279 g/mol. The van der Waals surface area contributed by atoms with Gasteiger partial charge in [0.1, 0.15) is 0 Å². The summed E-state index contributed by atoms with van der Waals surface area (Å²) in [6, 6.07) is 2.37. The van der Waals surface area contributed by atoms with Crippen molar-refractivity contribution in [2.75, 3.05) is 18.5 Å². The molecule has 1 aromatic heterocycles. The molecular weight excluding hydrogens is 262 g/mol. The number of aromatic carboxylic acids is 1. The van der Waals surface area contributed by atoms with Crippen molar-refractivity contribution in [3.63, 3.8) is 0 Å². The lowest BCUT2D eigenvalue weighted by Crippen LogP contribution is -2.26. The molecule has 2 rings (SSSR count). The molecule has 0 atom stereocenters. The minimum absolute atomic E-state index is 0.127. The lowest BCUT2D eigenvalue weighted by molar-refractivity contribution is -0.384. The number of carboxylic acid groups (broad SMARTS) is 1.